The molecule has 3 nitrogen and oxygen atoms in total. The number of fused-ring (bicyclic) bond motifs is 1. The van der Waals surface area contributed by atoms with Crippen LogP contribution in [0.1, 0.15) is 28.1 Å². The van der Waals surface area contributed by atoms with E-state index >= 15 is 0 Å². The maximum absolute atomic E-state index is 13.8. The largest absolute Gasteiger partial charge is 0.380 e. The normalized spacial score (nSPS) is 10.8. The van der Waals surface area contributed by atoms with Gasteiger partial charge in [0.2, 0.25) is 0 Å². The van der Waals surface area contributed by atoms with E-state index in [2.05, 4.69) is 21.8 Å². The Balaban J connectivity index is 1.42. The molecule has 0 saturated heterocycles. The lowest BCUT2D eigenvalue weighted by molar-refractivity contribution is 0.184. The summed E-state index contributed by atoms with van der Waals surface area (Å²) >= 11 is 0. The minimum Gasteiger partial charge on any atom is -0.380 e. The van der Waals surface area contributed by atoms with Crippen LogP contribution in [0.25, 0.3) is 10.8 Å². The predicted molar refractivity (Wildman–Crippen MR) is 116 cm³/mol. The second-order valence-corrected chi connectivity index (χ2v) is 7.31. The van der Waals surface area contributed by atoms with Gasteiger partial charge in [0.1, 0.15) is 5.82 Å². The smallest absolute Gasteiger partial charge is 0.195 e. The molecule has 0 saturated carbocycles. The van der Waals surface area contributed by atoms with Crippen molar-refractivity contribution in [1.29, 1.82) is 0 Å². The first kappa shape index (κ1) is 21.5. The second-order valence-electron chi connectivity index (χ2n) is 7.31. The lowest BCUT2D eigenvalue weighted by Crippen LogP contribution is -2.00. The Bertz CT molecular complexity index is 1310. The van der Waals surface area contributed by atoms with Gasteiger partial charge in [-0.05, 0) is 47.7 Å². The second kappa shape index (κ2) is 9.63. The van der Waals surface area contributed by atoms with E-state index in [1.807, 2.05) is 24.3 Å². The Labute approximate surface area is 183 Å². The lowest BCUT2D eigenvalue weighted by Gasteiger charge is -2.03. The van der Waals surface area contributed by atoms with Crippen LogP contribution in [-0.2, 0) is 24.2 Å². The third-order valence-corrected chi connectivity index (χ3v) is 4.98. The summed E-state index contributed by atoms with van der Waals surface area (Å²) in [5.74, 6) is 2.92. The Morgan fingerprint density at radius 3 is 2.19 bits per heavy atom. The molecule has 0 unspecified atom stereocenters. The van der Waals surface area contributed by atoms with Crippen molar-refractivity contribution in [3.05, 3.63) is 106 Å². The third kappa shape index (κ3) is 4.96. The molecular formula is C26H19F3N2O. The first-order valence-corrected chi connectivity index (χ1v) is 10.0. The quantitative estimate of drug-likeness (QED) is 0.314. The van der Waals surface area contributed by atoms with Crippen LogP contribution in [0.4, 0.5) is 13.2 Å². The first-order valence-electron chi connectivity index (χ1n) is 10.0. The van der Waals surface area contributed by atoms with Crippen LogP contribution in [0.5, 0.6) is 0 Å². The van der Waals surface area contributed by atoms with E-state index < -0.39 is 17.5 Å². The van der Waals surface area contributed by atoms with E-state index in [-0.39, 0.29) is 10.8 Å². The summed E-state index contributed by atoms with van der Waals surface area (Å²) in [5, 5.41) is 0.289. The van der Waals surface area contributed by atoms with E-state index in [4.69, 9.17) is 4.74 Å². The fourth-order valence-corrected chi connectivity index (χ4v) is 3.29. The number of methoxy groups -OCH3 is 1. The van der Waals surface area contributed by atoms with Crippen LogP contribution < -0.4 is 0 Å². The fourth-order valence-electron chi connectivity index (χ4n) is 3.29. The molecule has 4 rings (SSSR count). The number of ether oxygens (including phenoxy) is 1. The number of nitrogens with zero attached hydrogens (tertiary/aromatic N) is 2. The molecule has 0 radical (unpaired) electrons. The summed E-state index contributed by atoms with van der Waals surface area (Å²) in [7, 11) is 1.63. The highest BCUT2D eigenvalue weighted by Gasteiger charge is 2.13. The minimum atomic E-state index is -1.47. The Morgan fingerprint density at radius 2 is 1.47 bits per heavy atom. The number of hydrogen-bond acceptors (Lipinski definition) is 3. The fraction of sp³-hybridized carbons (Fsp3) is 0.154. The van der Waals surface area contributed by atoms with Crippen molar-refractivity contribution in [1.82, 2.24) is 9.97 Å². The molecule has 4 aromatic rings. The minimum absolute atomic E-state index is 0.0242. The Morgan fingerprint density at radius 1 is 0.781 bits per heavy atom. The van der Waals surface area contributed by atoms with Crippen molar-refractivity contribution in [3.8, 4) is 11.8 Å². The number of rotatable bonds is 5. The zero-order chi connectivity index (χ0) is 22.5. The number of halogens is 3. The van der Waals surface area contributed by atoms with Gasteiger partial charge in [0, 0.05) is 48.0 Å². The van der Waals surface area contributed by atoms with Crippen LogP contribution in [0.2, 0.25) is 0 Å². The highest BCUT2D eigenvalue weighted by molar-refractivity contribution is 5.84. The predicted octanol–water partition coefficient (Wildman–Crippen LogP) is 5.38. The van der Waals surface area contributed by atoms with E-state index in [0.29, 0.717) is 12.2 Å². The SMILES string of the molecule is COCc1cnc(CCc2ccc(C#Cc3ccc4c(F)c(F)c(F)cc4c3)cc2)nc1. The number of aryl methyl sites for hydroxylation is 2. The molecule has 0 fully saturated rings. The summed E-state index contributed by atoms with van der Waals surface area (Å²) in [6, 6.07) is 13.3. The molecule has 6 heteroatoms. The maximum Gasteiger partial charge on any atom is 0.195 e. The molecule has 0 aliphatic carbocycles. The molecule has 0 atom stereocenters. The van der Waals surface area contributed by atoms with Crippen LogP contribution in [0.15, 0.2) is 60.9 Å². The van der Waals surface area contributed by atoms with E-state index in [1.165, 1.54) is 6.07 Å². The molecule has 1 aromatic heterocycles. The highest BCUT2D eigenvalue weighted by Crippen LogP contribution is 2.24. The van der Waals surface area contributed by atoms with Gasteiger partial charge in [0.15, 0.2) is 17.5 Å². The van der Waals surface area contributed by atoms with Crippen LogP contribution in [0.3, 0.4) is 0 Å². The molecule has 32 heavy (non-hydrogen) atoms. The van der Waals surface area contributed by atoms with Crippen molar-refractivity contribution in [2.45, 2.75) is 19.4 Å². The van der Waals surface area contributed by atoms with Gasteiger partial charge >= 0.3 is 0 Å². The van der Waals surface area contributed by atoms with Gasteiger partial charge in [0.25, 0.3) is 0 Å². The molecule has 0 N–H and O–H groups in total. The topological polar surface area (TPSA) is 35.0 Å². The van der Waals surface area contributed by atoms with Crippen molar-refractivity contribution >= 4 is 10.8 Å². The monoisotopic (exact) mass is 432 g/mol. The van der Waals surface area contributed by atoms with Gasteiger partial charge in [-0.25, -0.2) is 23.1 Å². The molecule has 0 amide bonds. The number of aromatic nitrogens is 2. The zero-order valence-electron chi connectivity index (χ0n) is 17.3. The van der Waals surface area contributed by atoms with Crippen LogP contribution in [0, 0.1) is 29.3 Å². The average Bonchev–Trinajstić information content (AvgIpc) is 2.81. The van der Waals surface area contributed by atoms with Crippen molar-refractivity contribution < 1.29 is 17.9 Å². The van der Waals surface area contributed by atoms with E-state index in [9.17, 15) is 13.2 Å². The van der Waals surface area contributed by atoms with Gasteiger partial charge in [0.05, 0.1) is 6.61 Å². The lowest BCUT2D eigenvalue weighted by atomic mass is 10.0. The van der Waals surface area contributed by atoms with Crippen LogP contribution in [-0.4, -0.2) is 17.1 Å². The van der Waals surface area contributed by atoms with E-state index in [1.54, 1.807) is 31.6 Å². The van der Waals surface area contributed by atoms with Crippen molar-refractivity contribution in [2.24, 2.45) is 0 Å². The van der Waals surface area contributed by atoms with Crippen LogP contribution >= 0.6 is 0 Å². The molecule has 0 aliphatic rings. The number of benzene rings is 3. The molecule has 0 bridgehead atoms. The third-order valence-electron chi connectivity index (χ3n) is 4.98. The first-order chi connectivity index (χ1) is 15.5. The summed E-state index contributed by atoms with van der Waals surface area (Å²) in [6.45, 7) is 0.494. The summed E-state index contributed by atoms with van der Waals surface area (Å²) in [5.41, 5.74) is 3.47. The zero-order valence-corrected chi connectivity index (χ0v) is 17.3. The Kier molecular flexibility index (Phi) is 6.48. The van der Waals surface area contributed by atoms with Gasteiger partial charge in [-0.15, -0.1) is 0 Å². The van der Waals surface area contributed by atoms with Gasteiger partial charge in [-0.2, -0.15) is 0 Å². The Hall–Kier alpha value is -3.69. The summed E-state index contributed by atoms with van der Waals surface area (Å²) in [6.07, 6.45) is 5.08. The highest BCUT2D eigenvalue weighted by atomic mass is 19.2. The summed E-state index contributed by atoms with van der Waals surface area (Å²) in [4.78, 5) is 8.70. The van der Waals surface area contributed by atoms with Gasteiger partial charge < -0.3 is 4.74 Å². The van der Waals surface area contributed by atoms with Crippen molar-refractivity contribution in [3.63, 3.8) is 0 Å². The van der Waals surface area contributed by atoms with Crippen molar-refractivity contribution in [2.75, 3.05) is 7.11 Å². The average molecular weight is 432 g/mol. The standard InChI is InChI=1S/C26H19F3N2O/c1-32-16-20-14-30-24(31-15-20)11-9-18-4-2-17(3-5-18)6-7-19-8-10-22-21(12-19)13-23(27)26(29)25(22)28/h2-5,8,10,12-15H,9,11,16H2,1H3. The molecule has 160 valence electrons. The molecule has 3 aromatic carbocycles. The van der Waals surface area contributed by atoms with Gasteiger partial charge in [-0.3, -0.25) is 0 Å². The molecule has 0 spiro atoms. The van der Waals surface area contributed by atoms with Gasteiger partial charge in [-0.1, -0.05) is 30.0 Å². The number of hydrogen-bond donors (Lipinski definition) is 0. The summed E-state index contributed by atoms with van der Waals surface area (Å²) < 4.78 is 45.7. The molecular weight excluding hydrogens is 413 g/mol. The molecule has 0 aliphatic heterocycles. The van der Waals surface area contributed by atoms with E-state index in [0.717, 1.165) is 41.4 Å². The maximum atomic E-state index is 13.8. The molecule has 1 heterocycles.